The van der Waals surface area contributed by atoms with E-state index < -0.39 is 29.2 Å². The van der Waals surface area contributed by atoms with E-state index in [2.05, 4.69) is 5.32 Å². The Morgan fingerprint density at radius 3 is 2.32 bits per heavy atom. The number of carbonyl (C=O) groups is 1. The average molecular weight is 268 g/mol. The van der Waals surface area contributed by atoms with Gasteiger partial charge in [-0.15, -0.1) is 0 Å². The first-order chi connectivity index (χ1) is 8.86. The molecule has 0 aliphatic heterocycles. The van der Waals surface area contributed by atoms with Gasteiger partial charge in [0.15, 0.2) is 11.6 Å². The van der Waals surface area contributed by atoms with Crippen molar-refractivity contribution >= 4 is 11.7 Å². The number of hydrogen-bond donors (Lipinski definition) is 2. The minimum atomic E-state index is -1.03. The van der Waals surface area contributed by atoms with E-state index in [0.29, 0.717) is 0 Å². The van der Waals surface area contributed by atoms with E-state index in [-0.39, 0.29) is 18.0 Å². The molecule has 6 heteroatoms. The summed E-state index contributed by atoms with van der Waals surface area (Å²) in [4.78, 5) is 11.0. The molecule has 1 rings (SSSR count). The summed E-state index contributed by atoms with van der Waals surface area (Å²) in [6, 6.07) is 3.43. The number of hydrogen-bond acceptors (Lipinski definition) is 3. The van der Waals surface area contributed by atoms with Gasteiger partial charge in [0.25, 0.3) is 0 Å². The van der Waals surface area contributed by atoms with Crippen LogP contribution in [0.25, 0.3) is 0 Å². The monoisotopic (exact) mass is 268 g/mol. The third-order valence-electron chi connectivity index (χ3n) is 2.79. The summed E-state index contributed by atoms with van der Waals surface area (Å²) in [5.74, 6) is -3.78. The lowest BCUT2D eigenvalue weighted by Gasteiger charge is -2.18. The van der Waals surface area contributed by atoms with Gasteiger partial charge in [-0.2, -0.15) is 5.26 Å². The van der Waals surface area contributed by atoms with E-state index in [1.165, 1.54) is 0 Å². The molecule has 0 amide bonds. The van der Waals surface area contributed by atoms with Gasteiger partial charge >= 0.3 is 5.97 Å². The average Bonchev–Trinajstić information content (AvgIpc) is 2.31. The highest BCUT2D eigenvalue weighted by molar-refractivity contribution is 5.71. The molecule has 4 nitrogen and oxygen atoms in total. The van der Waals surface area contributed by atoms with Gasteiger partial charge in [-0.1, -0.05) is 13.8 Å². The molecule has 0 saturated carbocycles. The molecule has 102 valence electrons. The number of nitrogens with zero attached hydrogens (tertiary/aromatic N) is 1. The zero-order valence-corrected chi connectivity index (χ0v) is 10.6. The molecule has 19 heavy (non-hydrogen) atoms. The largest absolute Gasteiger partial charge is 0.481 e. The number of carboxylic acids is 1. The summed E-state index contributed by atoms with van der Waals surface area (Å²) in [5.41, 5.74) is -0.537. The maximum atomic E-state index is 13.5. The van der Waals surface area contributed by atoms with E-state index in [1.807, 2.05) is 0 Å². The molecular formula is C13H14F2N2O2. The van der Waals surface area contributed by atoms with Crippen molar-refractivity contribution in [3.05, 3.63) is 29.3 Å². The minimum Gasteiger partial charge on any atom is -0.481 e. The Bertz CT molecular complexity index is 501. The van der Waals surface area contributed by atoms with E-state index in [0.717, 1.165) is 12.1 Å². The predicted molar refractivity (Wildman–Crippen MR) is 65.5 cm³/mol. The third-order valence-corrected chi connectivity index (χ3v) is 2.79. The van der Waals surface area contributed by atoms with E-state index in [1.54, 1.807) is 19.9 Å². The maximum absolute atomic E-state index is 13.5. The molecule has 1 unspecified atom stereocenters. The van der Waals surface area contributed by atoms with Crippen LogP contribution in [0.5, 0.6) is 0 Å². The number of benzene rings is 1. The molecule has 0 aliphatic rings. The van der Waals surface area contributed by atoms with E-state index in [4.69, 9.17) is 10.4 Å². The minimum absolute atomic E-state index is 0.0905. The highest BCUT2D eigenvalue weighted by Gasteiger charge is 2.22. The van der Waals surface area contributed by atoms with Crippen LogP contribution in [-0.4, -0.2) is 17.6 Å². The molecule has 0 aromatic heterocycles. The number of rotatable bonds is 5. The van der Waals surface area contributed by atoms with Gasteiger partial charge in [-0.3, -0.25) is 4.79 Å². The van der Waals surface area contributed by atoms with Crippen molar-refractivity contribution in [3.63, 3.8) is 0 Å². The lowest BCUT2D eigenvalue weighted by Crippen LogP contribution is -2.28. The van der Waals surface area contributed by atoms with Crippen LogP contribution in [0.4, 0.5) is 14.5 Å². The maximum Gasteiger partial charge on any atom is 0.308 e. The molecule has 0 fully saturated rings. The highest BCUT2D eigenvalue weighted by Crippen LogP contribution is 2.22. The summed E-state index contributed by atoms with van der Waals surface area (Å²) in [6.07, 6.45) is 0. The number of anilines is 1. The lowest BCUT2D eigenvalue weighted by atomic mass is 9.96. The summed E-state index contributed by atoms with van der Waals surface area (Å²) in [6.45, 7) is 3.34. The van der Waals surface area contributed by atoms with E-state index >= 15 is 0 Å². The molecule has 0 heterocycles. The molecule has 1 aromatic rings. The number of nitrogens with one attached hydrogen (secondary N) is 1. The van der Waals surface area contributed by atoms with Gasteiger partial charge in [0.1, 0.15) is 5.69 Å². The third kappa shape index (κ3) is 3.65. The van der Waals surface area contributed by atoms with Crippen molar-refractivity contribution in [2.75, 3.05) is 11.9 Å². The van der Waals surface area contributed by atoms with Crippen molar-refractivity contribution in [3.8, 4) is 6.07 Å². The Morgan fingerprint density at radius 1 is 1.42 bits per heavy atom. The normalized spacial score (nSPS) is 12.0. The summed E-state index contributed by atoms with van der Waals surface area (Å²) < 4.78 is 27.1. The topological polar surface area (TPSA) is 73.1 Å². The molecule has 0 aliphatic carbocycles. The molecule has 0 spiro atoms. The first-order valence-corrected chi connectivity index (χ1v) is 5.72. The Labute approximate surface area is 109 Å². The van der Waals surface area contributed by atoms with E-state index in [9.17, 15) is 13.6 Å². The Kier molecular flexibility index (Phi) is 4.81. The quantitative estimate of drug-likeness (QED) is 0.860. The van der Waals surface area contributed by atoms with Crippen LogP contribution in [0.3, 0.4) is 0 Å². The molecular weight excluding hydrogens is 254 g/mol. The smallest absolute Gasteiger partial charge is 0.308 e. The SMILES string of the molecule is CC(C)C(CNc1c(F)cc(C#N)cc1F)C(=O)O. The van der Waals surface area contributed by atoms with Gasteiger partial charge in [-0.05, 0) is 18.1 Å². The second-order valence-corrected chi connectivity index (χ2v) is 4.50. The van der Waals surface area contributed by atoms with Crippen LogP contribution >= 0.6 is 0 Å². The first kappa shape index (κ1) is 14.9. The molecule has 2 N–H and O–H groups in total. The molecule has 1 aromatic carbocycles. The Balaban J connectivity index is 2.89. The first-order valence-electron chi connectivity index (χ1n) is 5.72. The zero-order valence-electron chi connectivity index (χ0n) is 10.6. The fraction of sp³-hybridized carbons (Fsp3) is 0.385. The number of nitriles is 1. The summed E-state index contributed by atoms with van der Waals surface area (Å²) in [7, 11) is 0. The van der Waals surface area contributed by atoms with Crippen molar-refractivity contribution in [2.24, 2.45) is 11.8 Å². The number of halogens is 2. The van der Waals surface area contributed by atoms with Crippen LogP contribution in [0, 0.1) is 34.8 Å². The second-order valence-electron chi connectivity index (χ2n) is 4.50. The fourth-order valence-electron chi connectivity index (χ4n) is 1.63. The van der Waals surface area contributed by atoms with Crippen molar-refractivity contribution in [1.29, 1.82) is 5.26 Å². The lowest BCUT2D eigenvalue weighted by molar-refractivity contribution is -0.142. The van der Waals surface area contributed by atoms with Crippen LogP contribution in [0.2, 0.25) is 0 Å². The Morgan fingerprint density at radius 2 is 1.95 bits per heavy atom. The predicted octanol–water partition coefficient (Wildman–Crippen LogP) is 2.61. The highest BCUT2D eigenvalue weighted by atomic mass is 19.1. The van der Waals surface area contributed by atoms with Gasteiger partial charge in [0, 0.05) is 6.54 Å². The van der Waals surface area contributed by atoms with Crippen LogP contribution < -0.4 is 5.32 Å². The van der Waals surface area contributed by atoms with Crippen LogP contribution in [0.1, 0.15) is 19.4 Å². The van der Waals surface area contributed by atoms with Crippen molar-refractivity contribution < 1.29 is 18.7 Å². The Hall–Kier alpha value is -2.16. The van der Waals surface area contributed by atoms with Crippen molar-refractivity contribution in [2.45, 2.75) is 13.8 Å². The standard InChI is InChI=1S/C13H14F2N2O2/c1-7(2)9(13(18)19)6-17-12-10(14)3-8(5-16)4-11(12)15/h3-4,7,9,17H,6H2,1-2H3,(H,18,19). The molecule has 1 atom stereocenters. The second kappa shape index (κ2) is 6.14. The van der Waals surface area contributed by atoms with Gasteiger partial charge < -0.3 is 10.4 Å². The van der Waals surface area contributed by atoms with Crippen LogP contribution in [0.15, 0.2) is 12.1 Å². The molecule has 0 bridgehead atoms. The van der Waals surface area contributed by atoms with Gasteiger partial charge in [0.2, 0.25) is 0 Å². The fourth-order valence-corrected chi connectivity index (χ4v) is 1.63. The van der Waals surface area contributed by atoms with Crippen LogP contribution in [-0.2, 0) is 4.79 Å². The summed E-state index contributed by atoms with van der Waals surface area (Å²) in [5, 5.41) is 20.0. The zero-order chi connectivity index (χ0) is 14.6. The molecule has 0 saturated heterocycles. The van der Waals surface area contributed by atoms with Gasteiger partial charge in [0.05, 0.1) is 17.6 Å². The van der Waals surface area contributed by atoms with Crippen molar-refractivity contribution in [1.82, 2.24) is 0 Å². The number of carboxylic acid groups (broad SMARTS) is 1. The number of aliphatic carboxylic acids is 1. The molecule has 0 radical (unpaired) electrons. The van der Waals surface area contributed by atoms with Gasteiger partial charge in [-0.25, -0.2) is 8.78 Å². The summed E-state index contributed by atoms with van der Waals surface area (Å²) >= 11 is 0.